The fraction of sp³-hybridized carbons (Fsp3) is 0.207. The Hall–Kier alpha value is -1.85. The molecule has 0 spiro atoms. The number of thioether (sulfide) groups is 1. The van der Waals surface area contributed by atoms with Gasteiger partial charge in [-0.05, 0) is 133 Å². The first-order valence-electron chi connectivity index (χ1n) is 12.5. The summed E-state index contributed by atoms with van der Waals surface area (Å²) in [6.07, 6.45) is 1.71. The molecule has 2 aliphatic rings. The maximum atomic E-state index is 13.1. The Balaban J connectivity index is 1.20. The van der Waals surface area contributed by atoms with E-state index in [1.807, 2.05) is 54.6 Å². The molecule has 206 valence electrons. The van der Waals surface area contributed by atoms with E-state index in [1.54, 1.807) is 11.0 Å². The summed E-state index contributed by atoms with van der Waals surface area (Å²) in [6, 6.07) is 22.1. The molecule has 0 unspecified atom stereocenters. The number of imide groups is 1. The van der Waals surface area contributed by atoms with Gasteiger partial charge in [-0.15, -0.1) is 0 Å². The van der Waals surface area contributed by atoms with Crippen LogP contribution in [0.25, 0.3) is 6.08 Å². The number of benzene rings is 3. The van der Waals surface area contributed by atoms with Crippen molar-refractivity contribution >= 4 is 108 Å². The maximum absolute atomic E-state index is 13.1. The van der Waals surface area contributed by atoms with E-state index >= 15 is 0 Å². The van der Waals surface area contributed by atoms with Gasteiger partial charge in [0.15, 0.2) is 0 Å². The van der Waals surface area contributed by atoms with Crippen LogP contribution in [0.2, 0.25) is 0 Å². The van der Waals surface area contributed by atoms with Gasteiger partial charge < -0.3 is 14.5 Å². The smallest absolute Gasteiger partial charge is 0.294 e. The first kappa shape index (κ1) is 29.6. The van der Waals surface area contributed by atoms with E-state index in [4.69, 9.17) is 4.74 Å². The third-order valence-electron chi connectivity index (χ3n) is 6.54. The van der Waals surface area contributed by atoms with Crippen LogP contribution in [0.15, 0.2) is 71.6 Å². The number of hydrogen-bond donors (Lipinski definition) is 0. The summed E-state index contributed by atoms with van der Waals surface area (Å²) in [7, 11) is 0. The van der Waals surface area contributed by atoms with Crippen LogP contribution in [0, 0.1) is 10.7 Å². The standard InChI is InChI=1S/C29H24I3N3O4S/c30-21-8-6-19(7-9-21)18-39-27-23(31)14-20(15-24(27)32)16-25-28(37)35(29(38)40-25)17-26(36)34-12-10-33(11-13-34)22-4-2-1-3-5-22/h1-9,14-16H,10-13,17-18H2/b25-16+. The van der Waals surface area contributed by atoms with E-state index in [2.05, 4.69) is 84.8 Å². The molecule has 2 fully saturated rings. The molecule has 0 bridgehead atoms. The summed E-state index contributed by atoms with van der Waals surface area (Å²) < 4.78 is 9.08. The van der Waals surface area contributed by atoms with Crippen molar-refractivity contribution in [3.63, 3.8) is 0 Å². The molecule has 11 heteroatoms. The predicted molar refractivity (Wildman–Crippen MR) is 183 cm³/mol. The lowest BCUT2D eigenvalue weighted by atomic mass is 10.2. The fourth-order valence-electron chi connectivity index (χ4n) is 4.41. The lowest BCUT2D eigenvalue weighted by Crippen LogP contribution is -2.51. The Bertz CT molecular complexity index is 1440. The summed E-state index contributed by atoms with van der Waals surface area (Å²) in [4.78, 5) is 44.1. The highest BCUT2D eigenvalue weighted by Crippen LogP contribution is 2.35. The number of carbonyl (C=O) groups excluding carboxylic acids is 3. The molecular weight excluding hydrogens is 867 g/mol. The molecule has 2 heterocycles. The van der Waals surface area contributed by atoms with Crippen molar-refractivity contribution in [2.45, 2.75) is 6.61 Å². The second kappa shape index (κ2) is 13.4. The third kappa shape index (κ3) is 7.13. The van der Waals surface area contributed by atoms with E-state index in [0.29, 0.717) is 37.7 Å². The zero-order chi connectivity index (χ0) is 28.2. The van der Waals surface area contributed by atoms with E-state index in [1.165, 1.54) is 3.57 Å². The van der Waals surface area contributed by atoms with Crippen molar-refractivity contribution in [2.75, 3.05) is 37.6 Å². The van der Waals surface area contributed by atoms with Crippen LogP contribution in [0.1, 0.15) is 11.1 Å². The molecule has 3 aromatic rings. The molecule has 5 rings (SSSR count). The Labute approximate surface area is 278 Å². The molecule has 2 saturated heterocycles. The number of amides is 3. The van der Waals surface area contributed by atoms with Crippen molar-refractivity contribution in [1.29, 1.82) is 0 Å². The van der Waals surface area contributed by atoms with Crippen LogP contribution >= 0.6 is 79.5 Å². The van der Waals surface area contributed by atoms with Gasteiger partial charge in [-0.2, -0.15) is 0 Å². The van der Waals surface area contributed by atoms with Gasteiger partial charge in [0.2, 0.25) is 5.91 Å². The molecule has 2 aliphatic heterocycles. The minimum absolute atomic E-state index is 0.213. The van der Waals surface area contributed by atoms with Gasteiger partial charge in [-0.3, -0.25) is 19.3 Å². The molecule has 0 saturated carbocycles. The average molecular weight is 891 g/mol. The number of para-hydroxylation sites is 1. The number of rotatable bonds is 7. The van der Waals surface area contributed by atoms with Crippen LogP contribution in [-0.2, 0) is 16.2 Å². The van der Waals surface area contributed by atoms with Gasteiger partial charge in [-0.25, -0.2) is 0 Å². The van der Waals surface area contributed by atoms with Crippen LogP contribution in [0.5, 0.6) is 5.75 Å². The Morgan fingerprint density at radius 1 is 0.900 bits per heavy atom. The van der Waals surface area contributed by atoms with Crippen LogP contribution < -0.4 is 9.64 Å². The fourth-order valence-corrected chi connectivity index (χ4v) is 7.74. The zero-order valence-electron chi connectivity index (χ0n) is 21.2. The highest BCUT2D eigenvalue weighted by atomic mass is 127. The quantitative estimate of drug-likeness (QED) is 0.201. The van der Waals surface area contributed by atoms with Crippen molar-refractivity contribution in [3.05, 3.63) is 93.5 Å². The highest BCUT2D eigenvalue weighted by Gasteiger charge is 2.37. The number of hydrogen-bond acceptors (Lipinski definition) is 6. The largest absolute Gasteiger partial charge is 0.487 e. The van der Waals surface area contributed by atoms with E-state index < -0.39 is 11.1 Å². The second-order valence-electron chi connectivity index (χ2n) is 9.20. The van der Waals surface area contributed by atoms with Crippen LogP contribution in [0.3, 0.4) is 0 Å². The normalized spacial score (nSPS) is 16.7. The summed E-state index contributed by atoms with van der Waals surface area (Å²) in [5, 5.41) is -0.422. The number of anilines is 1. The molecule has 0 radical (unpaired) electrons. The number of carbonyl (C=O) groups is 3. The molecule has 3 amide bonds. The van der Waals surface area contributed by atoms with E-state index in [-0.39, 0.29) is 12.5 Å². The summed E-state index contributed by atoms with van der Waals surface area (Å²) in [5.74, 6) is 0.133. The molecule has 40 heavy (non-hydrogen) atoms. The van der Waals surface area contributed by atoms with Crippen LogP contribution in [0.4, 0.5) is 10.5 Å². The predicted octanol–water partition coefficient (Wildman–Crippen LogP) is 6.46. The molecule has 0 aromatic heterocycles. The Morgan fingerprint density at radius 3 is 2.20 bits per heavy atom. The second-order valence-corrected chi connectivity index (χ2v) is 13.8. The minimum Gasteiger partial charge on any atom is -0.487 e. The SMILES string of the molecule is O=C(CN1C(=O)S/C(=C/c2cc(I)c(OCc3ccc(I)cc3)c(I)c2)C1=O)N1CCN(c2ccccc2)CC1. The first-order valence-corrected chi connectivity index (χ1v) is 16.5. The third-order valence-corrected chi connectivity index (χ3v) is 9.76. The van der Waals surface area contributed by atoms with Gasteiger partial charge in [0.1, 0.15) is 18.9 Å². The van der Waals surface area contributed by atoms with Gasteiger partial charge in [0, 0.05) is 35.4 Å². The van der Waals surface area contributed by atoms with Gasteiger partial charge in [-0.1, -0.05) is 30.3 Å². The van der Waals surface area contributed by atoms with E-state index in [0.717, 1.165) is 46.4 Å². The maximum Gasteiger partial charge on any atom is 0.294 e. The van der Waals surface area contributed by atoms with Crippen molar-refractivity contribution in [1.82, 2.24) is 9.80 Å². The van der Waals surface area contributed by atoms with Gasteiger partial charge >= 0.3 is 0 Å². The highest BCUT2D eigenvalue weighted by molar-refractivity contribution is 14.1. The summed E-state index contributed by atoms with van der Waals surface area (Å²) >= 11 is 7.59. The lowest BCUT2D eigenvalue weighted by Gasteiger charge is -2.36. The minimum atomic E-state index is -0.435. The van der Waals surface area contributed by atoms with Gasteiger partial charge in [0.05, 0.1) is 12.0 Å². The topological polar surface area (TPSA) is 70.2 Å². The molecule has 0 atom stereocenters. The zero-order valence-corrected chi connectivity index (χ0v) is 28.5. The van der Waals surface area contributed by atoms with Crippen LogP contribution in [-0.4, -0.2) is 59.6 Å². The number of halogens is 3. The Morgan fingerprint density at radius 2 is 1.55 bits per heavy atom. The van der Waals surface area contributed by atoms with E-state index in [9.17, 15) is 14.4 Å². The molecular formula is C29H24I3N3O4S. The molecule has 7 nitrogen and oxygen atoms in total. The number of ether oxygens (including phenoxy) is 1. The number of nitrogens with zero attached hydrogens (tertiary/aromatic N) is 3. The van der Waals surface area contributed by atoms with Crippen molar-refractivity contribution < 1.29 is 19.1 Å². The number of piperazine rings is 1. The Kier molecular flexibility index (Phi) is 9.94. The lowest BCUT2D eigenvalue weighted by molar-refractivity contribution is -0.136. The summed E-state index contributed by atoms with van der Waals surface area (Å²) in [6.45, 7) is 2.73. The average Bonchev–Trinajstić information content (AvgIpc) is 3.21. The summed E-state index contributed by atoms with van der Waals surface area (Å²) in [5.41, 5.74) is 3.00. The monoisotopic (exact) mass is 891 g/mol. The first-order chi connectivity index (χ1) is 19.3. The molecule has 0 aliphatic carbocycles. The van der Waals surface area contributed by atoms with Crippen molar-refractivity contribution in [2.24, 2.45) is 0 Å². The molecule has 3 aromatic carbocycles. The van der Waals surface area contributed by atoms with Gasteiger partial charge in [0.25, 0.3) is 11.1 Å². The van der Waals surface area contributed by atoms with Crippen molar-refractivity contribution in [3.8, 4) is 5.75 Å². The molecule has 0 N–H and O–H groups in total.